The van der Waals surface area contributed by atoms with Crippen molar-refractivity contribution in [2.45, 2.75) is 84.0 Å². The van der Waals surface area contributed by atoms with Gasteiger partial charge in [-0.3, -0.25) is 9.69 Å². The van der Waals surface area contributed by atoms with Gasteiger partial charge < -0.3 is 14.2 Å². The van der Waals surface area contributed by atoms with E-state index in [2.05, 4.69) is 51.8 Å². The molecule has 43 heavy (non-hydrogen) atoms. The molecule has 0 spiro atoms. The molecule has 0 aliphatic heterocycles. The Morgan fingerprint density at radius 1 is 0.791 bits per heavy atom. The Morgan fingerprint density at radius 3 is 2.05 bits per heavy atom. The molecule has 4 aromatic rings. The molecule has 1 N–H and O–H groups in total. The van der Waals surface area contributed by atoms with E-state index in [0.717, 1.165) is 41.3 Å². The highest BCUT2D eigenvalue weighted by atomic mass is 16.5. The van der Waals surface area contributed by atoms with E-state index < -0.39 is 0 Å². The Balaban J connectivity index is 1.69. The van der Waals surface area contributed by atoms with Crippen molar-refractivity contribution in [1.29, 1.82) is 0 Å². The molecule has 3 aromatic carbocycles. The number of hydrogen-bond acceptors (Lipinski definition) is 7. The summed E-state index contributed by atoms with van der Waals surface area (Å²) in [4.78, 5) is 16.0. The number of unbranched alkanes of at least 4 members (excludes halogenated alkanes) is 9. The molecule has 1 heterocycles. The van der Waals surface area contributed by atoms with Crippen LogP contribution in [0.4, 0.5) is 11.4 Å². The average Bonchev–Trinajstić information content (AvgIpc) is 3.55. The molecule has 1 amide bonds. The largest absolute Gasteiger partial charge is 0.496 e. The van der Waals surface area contributed by atoms with Gasteiger partial charge in [0, 0.05) is 17.5 Å². The minimum absolute atomic E-state index is 0.0598. The number of anilines is 2. The van der Waals surface area contributed by atoms with Crippen molar-refractivity contribution in [2.75, 3.05) is 26.2 Å². The van der Waals surface area contributed by atoms with Crippen LogP contribution in [0.1, 0.15) is 82.5 Å². The fourth-order valence-corrected chi connectivity index (χ4v) is 5.61. The van der Waals surface area contributed by atoms with Crippen molar-refractivity contribution in [2.24, 2.45) is 0 Å². The van der Waals surface area contributed by atoms with Gasteiger partial charge in [0.2, 0.25) is 5.91 Å². The number of methoxy groups -OCH3 is 3. The van der Waals surface area contributed by atoms with E-state index in [1.165, 1.54) is 51.4 Å². The summed E-state index contributed by atoms with van der Waals surface area (Å²) in [6.07, 6.45) is 13.4. The van der Waals surface area contributed by atoms with Gasteiger partial charge in [-0.05, 0) is 23.8 Å². The lowest BCUT2D eigenvalue weighted by Crippen LogP contribution is -2.30. The smallest absolute Gasteiger partial charge is 0.239 e. The molecular weight excluding hydrogens is 542 g/mol. The molecule has 9 nitrogen and oxygen atoms in total. The molecule has 0 aliphatic carbocycles. The van der Waals surface area contributed by atoms with Gasteiger partial charge in [-0.1, -0.05) is 106 Å². The number of amides is 1. The van der Waals surface area contributed by atoms with Gasteiger partial charge in [-0.15, -0.1) is 10.2 Å². The molecule has 4 rings (SSSR count). The van der Waals surface area contributed by atoms with Gasteiger partial charge in [-0.2, -0.15) is 5.21 Å². The van der Waals surface area contributed by atoms with Crippen molar-refractivity contribution in [3.63, 3.8) is 0 Å². The van der Waals surface area contributed by atoms with Gasteiger partial charge in [-0.25, -0.2) is 0 Å². The topological polar surface area (TPSA) is 102 Å². The number of benzene rings is 3. The quantitative estimate of drug-likeness (QED) is 0.119. The van der Waals surface area contributed by atoms with E-state index in [1.807, 2.05) is 12.1 Å². The zero-order chi connectivity index (χ0) is 30.4. The number of rotatable bonds is 18. The van der Waals surface area contributed by atoms with Gasteiger partial charge in [0.15, 0.2) is 5.82 Å². The molecular formula is C34H45N5O4. The zero-order valence-electron chi connectivity index (χ0n) is 26.0. The average molecular weight is 588 g/mol. The van der Waals surface area contributed by atoms with Crippen molar-refractivity contribution < 1.29 is 19.0 Å². The zero-order valence-corrected chi connectivity index (χ0v) is 26.0. The lowest BCUT2D eigenvalue weighted by Gasteiger charge is -2.30. The highest BCUT2D eigenvalue weighted by Gasteiger charge is 2.30. The number of tetrazole rings is 1. The Labute approximate surface area is 254 Å². The van der Waals surface area contributed by atoms with Crippen LogP contribution in [-0.4, -0.2) is 47.9 Å². The Bertz CT molecular complexity index is 1420. The summed E-state index contributed by atoms with van der Waals surface area (Å²) in [5, 5.41) is 16.2. The van der Waals surface area contributed by atoms with E-state index in [-0.39, 0.29) is 12.3 Å². The molecule has 1 aromatic heterocycles. The first-order valence-electron chi connectivity index (χ1n) is 15.5. The maximum absolute atomic E-state index is 14.3. The molecule has 230 valence electrons. The first kappa shape index (κ1) is 31.8. The van der Waals surface area contributed by atoms with Gasteiger partial charge >= 0.3 is 0 Å². The van der Waals surface area contributed by atoms with Crippen LogP contribution in [0.2, 0.25) is 0 Å². The maximum Gasteiger partial charge on any atom is 0.239 e. The number of carbonyl (C=O) groups excluding carboxylic acids is 1. The third-order valence-corrected chi connectivity index (χ3v) is 7.87. The fourth-order valence-electron chi connectivity index (χ4n) is 5.61. The minimum atomic E-state index is -0.233. The SMILES string of the molecule is CCCCCCCCCCCCc1ccc2ccccc2c1N(C(=O)Cc1nn[nH]n1)c1c(OC)cc(OC)cc1OC. The highest BCUT2D eigenvalue weighted by Crippen LogP contribution is 2.47. The second-order valence-corrected chi connectivity index (χ2v) is 10.8. The summed E-state index contributed by atoms with van der Waals surface area (Å²) in [6, 6.07) is 15.9. The molecule has 0 fully saturated rings. The summed E-state index contributed by atoms with van der Waals surface area (Å²) in [5.41, 5.74) is 2.39. The summed E-state index contributed by atoms with van der Waals surface area (Å²) in [5.74, 6) is 1.54. The number of hydrogen-bond donors (Lipinski definition) is 1. The summed E-state index contributed by atoms with van der Waals surface area (Å²) in [7, 11) is 4.74. The third kappa shape index (κ3) is 8.24. The van der Waals surface area contributed by atoms with Crippen LogP contribution in [0, 0.1) is 0 Å². The first-order valence-corrected chi connectivity index (χ1v) is 15.5. The normalized spacial score (nSPS) is 11.1. The van der Waals surface area contributed by atoms with Crippen LogP contribution >= 0.6 is 0 Å². The third-order valence-electron chi connectivity index (χ3n) is 7.87. The van der Waals surface area contributed by atoms with E-state index in [0.29, 0.717) is 28.8 Å². The number of fused-ring (bicyclic) bond motifs is 1. The van der Waals surface area contributed by atoms with E-state index in [4.69, 9.17) is 14.2 Å². The molecule has 0 bridgehead atoms. The lowest BCUT2D eigenvalue weighted by molar-refractivity contribution is -0.117. The number of aromatic amines is 1. The van der Waals surface area contributed by atoms with Crippen molar-refractivity contribution >= 4 is 28.1 Å². The van der Waals surface area contributed by atoms with Crippen LogP contribution in [0.3, 0.4) is 0 Å². The fraction of sp³-hybridized carbons (Fsp3) is 0.471. The predicted molar refractivity (Wildman–Crippen MR) is 171 cm³/mol. The number of aromatic nitrogens is 4. The second kappa shape index (κ2) is 16.5. The molecule has 0 aliphatic rings. The number of nitrogens with zero attached hydrogens (tertiary/aromatic N) is 4. The van der Waals surface area contributed by atoms with Crippen LogP contribution in [0.25, 0.3) is 10.8 Å². The molecule has 0 saturated heterocycles. The van der Waals surface area contributed by atoms with Crippen LogP contribution in [0.5, 0.6) is 17.2 Å². The second-order valence-electron chi connectivity index (χ2n) is 10.8. The van der Waals surface area contributed by atoms with Crippen LogP contribution < -0.4 is 19.1 Å². The Morgan fingerprint density at radius 2 is 1.44 bits per heavy atom. The van der Waals surface area contributed by atoms with Gasteiger partial charge in [0.1, 0.15) is 22.9 Å². The molecule has 0 radical (unpaired) electrons. The van der Waals surface area contributed by atoms with Crippen LogP contribution in [0.15, 0.2) is 48.5 Å². The number of H-pyrrole nitrogens is 1. The van der Waals surface area contributed by atoms with E-state index in [1.54, 1.807) is 38.4 Å². The molecule has 9 heteroatoms. The molecule has 0 unspecified atom stereocenters. The van der Waals surface area contributed by atoms with Crippen molar-refractivity contribution in [3.8, 4) is 17.2 Å². The van der Waals surface area contributed by atoms with Crippen LogP contribution in [-0.2, 0) is 17.6 Å². The molecule has 0 atom stereocenters. The lowest BCUT2D eigenvalue weighted by atomic mass is 9.97. The minimum Gasteiger partial charge on any atom is -0.496 e. The highest BCUT2D eigenvalue weighted by molar-refractivity contribution is 6.11. The number of nitrogens with one attached hydrogen (secondary N) is 1. The van der Waals surface area contributed by atoms with Crippen molar-refractivity contribution in [3.05, 3.63) is 59.9 Å². The summed E-state index contributed by atoms with van der Waals surface area (Å²) >= 11 is 0. The maximum atomic E-state index is 14.3. The van der Waals surface area contributed by atoms with Gasteiger partial charge in [0.25, 0.3) is 0 Å². The van der Waals surface area contributed by atoms with Gasteiger partial charge in [0.05, 0.1) is 33.4 Å². The monoisotopic (exact) mass is 587 g/mol. The number of carbonyl (C=O) groups is 1. The number of ether oxygens (including phenoxy) is 3. The first-order chi connectivity index (χ1) is 21.1. The summed E-state index contributed by atoms with van der Waals surface area (Å²) in [6.45, 7) is 2.26. The Kier molecular flexibility index (Phi) is 12.2. The standard InChI is InChI=1S/C34H45N5O4/c1-5-6-7-8-9-10-11-12-13-14-18-26-21-20-25-17-15-16-19-28(25)33(26)39(32(40)24-31-35-37-38-36-31)34-29(42-3)22-27(41-2)23-30(34)43-4/h15-17,19-23H,5-14,18,24H2,1-4H3,(H,35,36,37,38). The molecule has 0 saturated carbocycles. The predicted octanol–water partition coefficient (Wildman–Crippen LogP) is 7.75. The van der Waals surface area contributed by atoms with E-state index in [9.17, 15) is 4.79 Å². The Hall–Kier alpha value is -4.14. The van der Waals surface area contributed by atoms with E-state index >= 15 is 0 Å². The summed E-state index contributed by atoms with van der Waals surface area (Å²) < 4.78 is 17.2. The van der Waals surface area contributed by atoms with Crippen molar-refractivity contribution in [1.82, 2.24) is 20.6 Å². The number of aryl methyl sites for hydroxylation is 1.